The first-order valence-corrected chi connectivity index (χ1v) is 6.22. The highest BCUT2D eigenvalue weighted by atomic mass is 79.9. The van der Waals surface area contributed by atoms with Gasteiger partial charge in [0.1, 0.15) is 5.82 Å². The van der Waals surface area contributed by atoms with Gasteiger partial charge in [-0.15, -0.1) is 11.6 Å². The molecule has 0 aliphatic rings. The van der Waals surface area contributed by atoms with Crippen LogP contribution in [0.4, 0.5) is 0 Å². The number of rotatable bonds is 3. The monoisotopic (exact) mass is 296 g/mol. The summed E-state index contributed by atoms with van der Waals surface area (Å²) in [4.78, 5) is 8.58. The van der Waals surface area contributed by atoms with Crippen LogP contribution in [0.3, 0.4) is 0 Å². The Morgan fingerprint density at radius 2 is 1.88 bits per heavy atom. The summed E-state index contributed by atoms with van der Waals surface area (Å²) in [5, 5.41) is 0. The number of nitrogens with zero attached hydrogens (tertiary/aromatic N) is 2. The minimum absolute atomic E-state index is 0.426. The maximum absolute atomic E-state index is 5.73. The zero-order chi connectivity index (χ0) is 11.4. The molecule has 0 saturated carbocycles. The Balaban J connectivity index is 2.16. The van der Waals surface area contributed by atoms with Gasteiger partial charge in [0.25, 0.3) is 0 Å². The van der Waals surface area contributed by atoms with E-state index in [4.69, 9.17) is 11.6 Å². The summed E-state index contributed by atoms with van der Waals surface area (Å²) in [6, 6.07) is 9.97. The molecule has 1 heterocycles. The van der Waals surface area contributed by atoms with Gasteiger partial charge in [-0.1, -0.05) is 28.1 Å². The topological polar surface area (TPSA) is 25.8 Å². The van der Waals surface area contributed by atoms with Crippen LogP contribution in [0.15, 0.2) is 41.0 Å². The Morgan fingerprint density at radius 3 is 2.56 bits per heavy atom. The number of hydrogen-bond acceptors (Lipinski definition) is 2. The number of alkyl halides is 1. The largest absolute Gasteiger partial charge is 0.241 e. The van der Waals surface area contributed by atoms with Gasteiger partial charge < -0.3 is 0 Å². The fourth-order valence-corrected chi connectivity index (χ4v) is 1.80. The van der Waals surface area contributed by atoms with Crippen molar-refractivity contribution < 1.29 is 0 Å². The van der Waals surface area contributed by atoms with Crippen molar-refractivity contribution in [2.75, 3.05) is 0 Å². The van der Waals surface area contributed by atoms with Crippen LogP contribution in [0, 0.1) is 0 Å². The second kappa shape index (κ2) is 5.41. The van der Waals surface area contributed by atoms with Crippen LogP contribution in [-0.2, 0) is 12.3 Å². The molecule has 0 amide bonds. The van der Waals surface area contributed by atoms with Crippen LogP contribution in [0.5, 0.6) is 0 Å². The third-order valence-electron chi connectivity index (χ3n) is 2.18. The third kappa shape index (κ3) is 3.03. The molecule has 1 aromatic heterocycles. The Morgan fingerprint density at radius 1 is 1.12 bits per heavy atom. The summed E-state index contributed by atoms with van der Waals surface area (Å²) in [7, 11) is 0. The lowest BCUT2D eigenvalue weighted by molar-refractivity contribution is 0.936. The molecule has 0 unspecified atom stereocenters. The second-order valence-electron chi connectivity index (χ2n) is 3.40. The molecule has 82 valence electrons. The molecule has 2 aromatic rings. The summed E-state index contributed by atoms with van der Waals surface area (Å²) in [5.41, 5.74) is 2.05. The van der Waals surface area contributed by atoms with Crippen molar-refractivity contribution >= 4 is 27.5 Å². The van der Waals surface area contributed by atoms with Gasteiger partial charge in [-0.2, -0.15) is 0 Å². The molecular weight excluding hydrogens is 288 g/mol. The number of hydrogen-bond donors (Lipinski definition) is 0. The average molecular weight is 298 g/mol. The summed E-state index contributed by atoms with van der Waals surface area (Å²) in [6.45, 7) is 0. The molecule has 0 bridgehead atoms. The quantitative estimate of drug-likeness (QED) is 0.810. The van der Waals surface area contributed by atoms with Gasteiger partial charge in [-0.3, -0.25) is 0 Å². The smallest absolute Gasteiger partial charge is 0.132 e. The van der Waals surface area contributed by atoms with E-state index in [1.807, 2.05) is 18.2 Å². The van der Waals surface area contributed by atoms with E-state index in [2.05, 4.69) is 38.0 Å². The Hall–Kier alpha value is -0.930. The average Bonchev–Trinajstić information content (AvgIpc) is 2.32. The Bertz CT molecular complexity index is 471. The summed E-state index contributed by atoms with van der Waals surface area (Å²) < 4.78 is 1.08. The fourth-order valence-electron chi connectivity index (χ4n) is 1.39. The lowest BCUT2D eigenvalue weighted by atomic mass is 10.1. The first-order valence-electron chi connectivity index (χ1n) is 4.89. The van der Waals surface area contributed by atoms with E-state index in [0.29, 0.717) is 5.88 Å². The second-order valence-corrected chi connectivity index (χ2v) is 4.58. The summed E-state index contributed by atoms with van der Waals surface area (Å²) in [6.07, 6.45) is 2.48. The molecule has 0 saturated heterocycles. The van der Waals surface area contributed by atoms with Crippen LogP contribution < -0.4 is 0 Å². The Kier molecular flexibility index (Phi) is 3.91. The molecule has 0 aliphatic heterocycles. The van der Waals surface area contributed by atoms with Crippen LogP contribution >= 0.6 is 27.5 Å². The maximum Gasteiger partial charge on any atom is 0.132 e. The van der Waals surface area contributed by atoms with Crippen molar-refractivity contribution in [2.24, 2.45) is 0 Å². The lowest BCUT2D eigenvalue weighted by Crippen LogP contribution is -1.98. The number of halogens is 2. The molecule has 2 rings (SSSR count). The molecule has 4 heteroatoms. The van der Waals surface area contributed by atoms with E-state index >= 15 is 0 Å². The summed E-state index contributed by atoms with van der Waals surface area (Å²) in [5.74, 6) is 1.23. The van der Waals surface area contributed by atoms with E-state index < -0.39 is 0 Å². The first kappa shape index (κ1) is 11.6. The molecule has 0 aliphatic carbocycles. The third-order valence-corrected chi connectivity index (χ3v) is 2.98. The zero-order valence-electron chi connectivity index (χ0n) is 8.53. The van der Waals surface area contributed by atoms with Gasteiger partial charge in [0.2, 0.25) is 0 Å². The van der Waals surface area contributed by atoms with Gasteiger partial charge in [0.05, 0.1) is 11.6 Å². The maximum atomic E-state index is 5.73. The molecule has 0 spiro atoms. The van der Waals surface area contributed by atoms with Gasteiger partial charge in [-0.25, -0.2) is 9.97 Å². The van der Waals surface area contributed by atoms with Crippen molar-refractivity contribution in [3.05, 3.63) is 58.1 Å². The predicted octanol–water partition coefficient (Wildman–Crippen LogP) is 3.57. The highest BCUT2D eigenvalue weighted by Gasteiger charge is 2.00. The molecular formula is C12H10BrClN2. The standard InChI is InChI=1S/C12H10BrClN2/c13-10-3-1-9(2-4-10)7-12-15-6-5-11(8-14)16-12/h1-6H,7-8H2. The van der Waals surface area contributed by atoms with E-state index in [0.717, 1.165) is 22.4 Å². The van der Waals surface area contributed by atoms with E-state index in [9.17, 15) is 0 Å². The van der Waals surface area contributed by atoms with Gasteiger partial charge in [-0.05, 0) is 23.8 Å². The van der Waals surface area contributed by atoms with Gasteiger partial charge in [0.15, 0.2) is 0 Å². The number of aromatic nitrogens is 2. The molecule has 1 aromatic carbocycles. The van der Waals surface area contributed by atoms with Crippen molar-refractivity contribution in [3.63, 3.8) is 0 Å². The zero-order valence-corrected chi connectivity index (χ0v) is 10.9. The summed E-state index contributed by atoms with van der Waals surface area (Å²) >= 11 is 9.13. The van der Waals surface area contributed by atoms with E-state index in [1.165, 1.54) is 5.56 Å². The van der Waals surface area contributed by atoms with Crippen molar-refractivity contribution in [1.29, 1.82) is 0 Å². The fraction of sp³-hybridized carbons (Fsp3) is 0.167. The lowest BCUT2D eigenvalue weighted by Gasteiger charge is -2.02. The highest BCUT2D eigenvalue weighted by Crippen LogP contribution is 2.12. The Labute approximate surface area is 108 Å². The number of benzene rings is 1. The molecule has 16 heavy (non-hydrogen) atoms. The van der Waals surface area contributed by atoms with Crippen LogP contribution in [0.2, 0.25) is 0 Å². The van der Waals surface area contributed by atoms with Crippen LogP contribution in [0.1, 0.15) is 17.1 Å². The normalized spacial score (nSPS) is 10.4. The van der Waals surface area contributed by atoms with Crippen molar-refractivity contribution in [2.45, 2.75) is 12.3 Å². The molecule has 0 fully saturated rings. The highest BCUT2D eigenvalue weighted by molar-refractivity contribution is 9.10. The SMILES string of the molecule is ClCc1ccnc(Cc2ccc(Br)cc2)n1. The van der Waals surface area contributed by atoms with Crippen molar-refractivity contribution in [1.82, 2.24) is 9.97 Å². The van der Waals surface area contributed by atoms with Crippen LogP contribution in [-0.4, -0.2) is 9.97 Å². The molecule has 2 nitrogen and oxygen atoms in total. The van der Waals surface area contributed by atoms with Crippen LogP contribution in [0.25, 0.3) is 0 Å². The van der Waals surface area contributed by atoms with E-state index in [-0.39, 0.29) is 0 Å². The molecule has 0 N–H and O–H groups in total. The van der Waals surface area contributed by atoms with Gasteiger partial charge >= 0.3 is 0 Å². The minimum Gasteiger partial charge on any atom is -0.241 e. The molecule has 0 radical (unpaired) electrons. The predicted molar refractivity (Wildman–Crippen MR) is 68.5 cm³/mol. The van der Waals surface area contributed by atoms with Crippen molar-refractivity contribution in [3.8, 4) is 0 Å². The van der Waals surface area contributed by atoms with Gasteiger partial charge in [0, 0.05) is 17.1 Å². The first-order chi connectivity index (χ1) is 7.78. The van der Waals surface area contributed by atoms with E-state index in [1.54, 1.807) is 6.20 Å². The minimum atomic E-state index is 0.426. The molecule has 0 atom stereocenters.